The van der Waals surface area contributed by atoms with Gasteiger partial charge in [0.1, 0.15) is 5.69 Å². The molecule has 1 aliphatic heterocycles. The number of carbonyl (C=O) groups excluding carboxylic acids is 1. The molecule has 108 valence electrons. The molecule has 1 aliphatic rings. The smallest absolute Gasteiger partial charge is 0.292 e. The minimum absolute atomic E-state index is 0.0517. The number of hydrogen-bond donors (Lipinski definition) is 3. The molecular weight excluding hydrogens is 262 g/mol. The summed E-state index contributed by atoms with van der Waals surface area (Å²) in [6, 6.07) is 3.03. The van der Waals surface area contributed by atoms with Crippen molar-refractivity contribution in [3.05, 3.63) is 27.8 Å². The molecule has 1 amide bonds. The van der Waals surface area contributed by atoms with E-state index in [2.05, 4.69) is 10.6 Å². The highest BCUT2D eigenvalue weighted by atomic mass is 16.6. The molecule has 0 spiro atoms. The Labute approximate surface area is 116 Å². The molecular formula is C13H17N3O4. The molecule has 0 bridgehead atoms. The van der Waals surface area contributed by atoms with Gasteiger partial charge in [0.15, 0.2) is 0 Å². The van der Waals surface area contributed by atoms with Crippen molar-refractivity contribution in [2.24, 2.45) is 0 Å². The third-order valence-corrected chi connectivity index (χ3v) is 3.03. The number of nitrogens with zero attached hydrogens (tertiary/aromatic N) is 1. The summed E-state index contributed by atoms with van der Waals surface area (Å²) in [5.41, 5.74) is 0.588. The van der Waals surface area contributed by atoms with Crippen LogP contribution >= 0.6 is 0 Å². The number of nitrogens with one attached hydrogen (secondary N) is 2. The van der Waals surface area contributed by atoms with E-state index in [0.717, 1.165) is 5.56 Å². The zero-order valence-corrected chi connectivity index (χ0v) is 11.4. The normalized spacial score (nSPS) is 14.4. The van der Waals surface area contributed by atoms with Gasteiger partial charge in [-0.1, -0.05) is 0 Å². The van der Waals surface area contributed by atoms with E-state index in [1.54, 1.807) is 19.9 Å². The summed E-state index contributed by atoms with van der Waals surface area (Å²) < 4.78 is 0. The van der Waals surface area contributed by atoms with Crippen LogP contribution in [-0.4, -0.2) is 28.1 Å². The Hall–Kier alpha value is -2.15. The van der Waals surface area contributed by atoms with Crippen molar-refractivity contribution in [2.75, 3.05) is 17.2 Å². The highest BCUT2D eigenvalue weighted by Crippen LogP contribution is 2.34. The van der Waals surface area contributed by atoms with Crippen molar-refractivity contribution in [1.82, 2.24) is 0 Å². The fourth-order valence-electron chi connectivity index (χ4n) is 2.02. The predicted octanol–water partition coefficient (Wildman–Crippen LogP) is 1.66. The molecule has 0 aliphatic carbocycles. The van der Waals surface area contributed by atoms with E-state index in [1.165, 1.54) is 6.07 Å². The van der Waals surface area contributed by atoms with Gasteiger partial charge in [-0.15, -0.1) is 0 Å². The van der Waals surface area contributed by atoms with Crippen LogP contribution < -0.4 is 10.6 Å². The number of amides is 1. The van der Waals surface area contributed by atoms with Gasteiger partial charge in [0, 0.05) is 24.7 Å². The van der Waals surface area contributed by atoms with Crippen molar-refractivity contribution in [1.29, 1.82) is 0 Å². The quantitative estimate of drug-likeness (QED) is 0.574. The first-order valence-electron chi connectivity index (χ1n) is 6.34. The van der Waals surface area contributed by atoms with Gasteiger partial charge in [-0.2, -0.15) is 0 Å². The summed E-state index contributed by atoms with van der Waals surface area (Å²) in [6.45, 7) is 3.37. The Morgan fingerprint density at radius 3 is 2.75 bits per heavy atom. The van der Waals surface area contributed by atoms with Crippen LogP contribution in [-0.2, 0) is 11.2 Å². The molecule has 0 atom stereocenters. The lowest BCUT2D eigenvalue weighted by molar-refractivity contribution is -0.384. The Bertz CT molecular complexity index is 563. The third kappa shape index (κ3) is 3.24. The van der Waals surface area contributed by atoms with E-state index in [1.807, 2.05) is 0 Å². The molecule has 7 nitrogen and oxygen atoms in total. The number of fused-ring (bicyclic) bond motifs is 1. The number of nitro benzene ring substituents is 1. The minimum atomic E-state index is -0.993. The lowest BCUT2D eigenvalue weighted by Gasteiger charge is -2.21. The van der Waals surface area contributed by atoms with Gasteiger partial charge < -0.3 is 15.7 Å². The first-order chi connectivity index (χ1) is 9.26. The molecule has 0 fully saturated rings. The zero-order chi connectivity index (χ0) is 14.9. The second-order valence-corrected chi connectivity index (χ2v) is 5.50. The van der Waals surface area contributed by atoms with Crippen molar-refractivity contribution in [3.8, 4) is 0 Å². The standard InChI is InChI=1S/C13H17N3O4/c1-13(2,18)7-14-10-6-9-8(3-4-12(17)15-9)5-11(10)16(19)20/h5-6,14,18H,3-4,7H2,1-2H3,(H,15,17). The summed E-state index contributed by atoms with van der Waals surface area (Å²) in [4.78, 5) is 22.0. The fraction of sp³-hybridized carbons (Fsp3) is 0.462. The second-order valence-electron chi connectivity index (χ2n) is 5.50. The molecule has 2 rings (SSSR count). The molecule has 3 N–H and O–H groups in total. The van der Waals surface area contributed by atoms with Gasteiger partial charge in [-0.25, -0.2) is 0 Å². The number of carbonyl (C=O) groups is 1. The monoisotopic (exact) mass is 279 g/mol. The largest absolute Gasteiger partial charge is 0.389 e. The van der Waals surface area contributed by atoms with E-state index in [4.69, 9.17) is 0 Å². The molecule has 1 heterocycles. The number of benzene rings is 1. The van der Waals surface area contributed by atoms with Crippen LogP contribution in [0.2, 0.25) is 0 Å². The van der Waals surface area contributed by atoms with E-state index in [9.17, 15) is 20.0 Å². The van der Waals surface area contributed by atoms with Crippen LogP contribution in [0.15, 0.2) is 12.1 Å². The first kappa shape index (κ1) is 14.3. The van der Waals surface area contributed by atoms with Gasteiger partial charge in [-0.05, 0) is 31.9 Å². The molecule has 7 heteroatoms. The number of rotatable bonds is 4. The maximum Gasteiger partial charge on any atom is 0.292 e. The second kappa shape index (κ2) is 5.09. The minimum Gasteiger partial charge on any atom is -0.389 e. The van der Waals surface area contributed by atoms with Crippen molar-refractivity contribution >= 4 is 23.0 Å². The lowest BCUT2D eigenvalue weighted by atomic mass is 10.0. The van der Waals surface area contributed by atoms with Gasteiger partial charge in [0.25, 0.3) is 5.69 Å². The van der Waals surface area contributed by atoms with Crippen LogP contribution in [0.5, 0.6) is 0 Å². The van der Waals surface area contributed by atoms with Crippen LogP contribution in [0.3, 0.4) is 0 Å². The molecule has 20 heavy (non-hydrogen) atoms. The maximum absolute atomic E-state index is 11.4. The van der Waals surface area contributed by atoms with Crippen LogP contribution in [0.1, 0.15) is 25.8 Å². The Morgan fingerprint density at radius 2 is 2.15 bits per heavy atom. The maximum atomic E-state index is 11.4. The topological polar surface area (TPSA) is 104 Å². The number of aryl methyl sites for hydroxylation is 1. The van der Waals surface area contributed by atoms with Crippen molar-refractivity contribution in [3.63, 3.8) is 0 Å². The fourth-order valence-corrected chi connectivity index (χ4v) is 2.02. The van der Waals surface area contributed by atoms with Crippen molar-refractivity contribution < 1.29 is 14.8 Å². The highest BCUT2D eigenvalue weighted by Gasteiger charge is 2.23. The SMILES string of the molecule is CC(C)(O)CNc1cc2c(cc1[N+](=O)[O-])CCC(=O)N2. The Morgan fingerprint density at radius 1 is 1.45 bits per heavy atom. The van der Waals surface area contributed by atoms with E-state index in [0.29, 0.717) is 18.5 Å². The highest BCUT2D eigenvalue weighted by molar-refractivity contribution is 5.95. The van der Waals surface area contributed by atoms with Gasteiger partial charge in [0.05, 0.1) is 10.5 Å². The summed E-state index contributed by atoms with van der Waals surface area (Å²) in [5, 5.41) is 26.4. The summed E-state index contributed by atoms with van der Waals surface area (Å²) in [6.07, 6.45) is 0.828. The van der Waals surface area contributed by atoms with Gasteiger partial charge in [0.2, 0.25) is 5.91 Å². The van der Waals surface area contributed by atoms with Crippen LogP contribution in [0, 0.1) is 10.1 Å². The molecule has 0 radical (unpaired) electrons. The molecule has 1 aromatic carbocycles. The third-order valence-electron chi connectivity index (χ3n) is 3.03. The summed E-state index contributed by atoms with van der Waals surface area (Å²) in [7, 11) is 0. The Balaban J connectivity index is 2.35. The predicted molar refractivity (Wildman–Crippen MR) is 74.8 cm³/mol. The average Bonchev–Trinajstić information content (AvgIpc) is 2.34. The average molecular weight is 279 g/mol. The number of hydrogen-bond acceptors (Lipinski definition) is 5. The lowest BCUT2D eigenvalue weighted by Crippen LogP contribution is -2.29. The molecule has 0 saturated heterocycles. The molecule has 1 aromatic rings. The van der Waals surface area contributed by atoms with E-state index >= 15 is 0 Å². The summed E-state index contributed by atoms with van der Waals surface area (Å²) in [5.74, 6) is -0.0974. The van der Waals surface area contributed by atoms with E-state index in [-0.39, 0.29) is 23.8 Å². The van der Waals surface area contributed by atoms with Crippen LogP contribution in [0.4, 0.5) is 17.1 Å². The zero-order valence-electron chi connectivity index (χ0n) is 11.4. The number of nitro groups is 1. The summed E-state index contributed by atoms with van der Waals surface area (Å²) >= 11 is 0. The number of anilines is 2. The van der Waals surface area contributed by atoms with Crippen LogP contribution in [0.25, 0.3) is 0 Å². The first-order valence-corrected chi connectivity index (χ1v) is 6.34. The van der Waals surface area contributed by atoms with Crippen molar-refractivity contribution in [2.45, 2.75) is 32.3 Å². The van der Waals surface area contributed by atoms with E-state index < -0.39 is 10.5 Å². The molecule has 0 aromatic heterocycles. The number of aliphatic hydroxyl groups is 1. The van der Waals surface area contributed by atoms with Gasteiger partial charge in [-0.3, -0.25) is 14.9 Å². The Kier molecular flexibility index (Phi) is 3.63. The molecule has 0 unspecified atom stereocenters. The molecule has 0 saturated carbocycles. The van der Waals surface area contributed by atoms with Gasteiger partial charge >= 0.3 is 0 Å².